The van der Waals surface area contributed by atoms with Crippen molar-refractivity contribution in [3.63, 3.8) is 0 Å². The number of hydrogen-bond acceptors (Lipinski definition) is 2. The summed E-state index contributed by atoms with van der Waals surface area (Å²) in [6, 6.07) is 17.8. The maximum atomic E-state index is 11.5. The number of hydrogen-bond donors (Lipinski definition) is 3. The zero-order valence-corrected chi connectivity index (χ0v) is 11.2. The minimum Gasteiger partial charge on any atom is -0.307 e. The maximum absolute atomic E-state index is 11.5. The van der Waals surface area contributed by atoms with Crippen molar-refractivity contribution in [3.05, 3.63) is 72.3 Å². The molecule has 5 nitrogen and oxygen atoms in total. The molecule has 21 heavy (non-hydrogen) atoms. The number of carbonyl (C=O) groups is 2. The first-order valence-corrected chi connectivity index (χ1v) is 6.39. The summed E-state index contributed by atoms with van der Waals surface area (Å²) in [5, 5.41) is 2.58. The molecule has 0 aromatic heterocycles. The fourth-order valence-electron chi connectivity index (χ4n) is 1.58. The Morgan fingerprint density at radius 2 is 1.43 bits per heavy atom. The molecule has 0 aliphatic rings. The highest BCUT2D eigenvalue weighted by molar-refractivity contribution is 5.95. The van der Waals surface area contributed by atoms with Crippen LogP contribution < -0.4 is 16.2 Å². The molecule has 5 heteroatoms. The highest BCUT2D eigenvalue weighted by atomic mass is 16.2. The smallest absolute Gasteiger partial charge is 0.307 e. The lowest BCUT2D eigenvalue weighted by Gasteiger charge is -2.07. The number of carbonyl (C=O) groups excluding carboxylic acids is 2. The van der Waals surface area contributed by atoms with E-state index in [0.717, 1.165) is 5.56 Å². The minimum atomic E-state index is -0.511. The number of rotatable bonds is 3. The topological polar surface area (TPSA) is 70.2 Å². The van der Waals surface area contributed by atoms with Crippen molar-refractivity contribution in [2.75, 3.05) is 5.32 Å². The Morgan fingerprint density at radius 1 is 0.810 bits per heavy atom. The number of hydrazine groups is 1. The molecule has 2 aromatic rings. The fourth-order valence-corrected chi connectivity index (χ4v) is 1.58. The molecular formula is C16H15N3O2. The van der Waals surface area contributed by atoms with E-state index in [-0.39, 0.29) is 0 Å². The summed E-state index contributed by atoms with van der Waals surface area (Å²) < 4.78 is 0. The summed E-state index contributed by atoms with van der Waals surface area (Å²) in [5.74, 6) is -0.415. The molecule has 0 unspecified atom stereocenters. The van der Waals surface area contributed by atoms with Crippen molar-refractivity contribution in [3.8, 4) is 0 Å². The van der Waals surface area contributed by atoms with E-state index in [1.807, 2.05) is 36.4 Å². The standard InChI is InChI=1S/C16H15N3O2/c20-15(12-11-13-7-3-1-4-8-13)18-19-16(21)17-14-9-5-2-6-10-14/h1-12H,(H,18,20)(H2,17,19,21)/b12-11+. The van der Waals surface area contributed by atoms with E-state index < -0.39 is 11.9 Å². The van der Waals surface area contributed by atoms with Crippen LogP contribution >= 0.6 is 0 Å². The summed E-state index contributed by atoms with van der Waals surface area (Å²) in [5.41, 5.74) is 6.10. The summed E-state index contributed by atoms with van der Waals surface area (Å²) >= 11 is 0. The van der Waals surface area contributed by atoms with Crippen LogP contribution in [0.1, 0.15) is 5.56 Å². The molecule has 3 N–H and O–H groups in total. The Bertz CT molecular complexity index is 624. The molecule has 0 heterocycles. The third-order valence-corrected chi connectivity index (χ3v) is 2.56. The third kappa shape index (κ3) is 5.20. The van der Waals surface area contributed by atoms with Crippen LogP contribution in [0.5, 0.6) is 0 Å². The summed E-state index contributed by atoms with van der Waals surface area (Å²) in [4.78, 5) is 23.1. The van der Waals surface area contributed by atoms with E-state index >= 15 is 0 Å². The largest absolute Gasteiger partial charge is 0.337 e. The molecule has 0 bridgehead atoms. The van der Waals surface area contributed by atoms with Crippen LogP contribution in [0.4, 0.5) is 10.5 Å². The zero-order chi connectivity index (χ0) is 14.9. The van der Waals surface area contributed by atoms with Gasteiger partial charge in [-0.1, -0.05) is 48.5 Å². The zero-order valence-electron chi connectivity index (χ0n) is 11.2. The average Bonchev–Trinajstić information content (AvgIpc) is 2.53. The van der Waals surface area contributed by atoms with Crippen molar-refractivity contribution in [1.29, 1.82) is 0 Å². The van der Waals surface area contributed by atoms with Crippen LogP contribution in [-0.2, 0) is 4.79 Å². The molecule has 106 valence electrons. The molecule has 3 amide bonds. The number of urea groups is 1. The van der Waals surface area contributed by atoms with Gasteiger partial charge in [-0.05, 0) is 23.8 Å². The molecule has 0 atom stereocenters. The van der Waals surface area contributed by atoms with Crippen molar-refractivity contribution >= 4 is 23.7 Å². The van der Waals surface area contributed by atoms with Gasteiger partial charge in [-0.15, -0.1) is 0 Å². The molecular weight excluding hydrogens is 266 g/mol. The first kappa shape index (κ1) is 14.3. The monoisotopic (exact) mass is 281 g/mol. The van der Waals surface area contributed by atoms with Gasteiger partial charge in [-0.25, -0.2) is 10.2 Å². The fraction of sp³-hybridized carbons (Fsp3) is 0. The molecule has 0 aliphatic carbocycles. The predicted octanol–water partition coefficient (Wildman–Crippen LogP) is 2.55. The van der Waals surface area contributed by atoms with Crippen molar-refractivity contribution in [2.24, 2.45) is 0 Å². The third-order valence-electron chi connectivity index (χ3n) is 2.56. The van der Waals surface area contributed by atoms with Crippen LogP contribution in [0.3, 0.4) is 0 Å². The molecule has 2 aromatic carbocycles. The SMILES string of the molecule is O=C(/C=C/c1ccccc1)NNC(=O)Nc1ccccc1. The molecule has 0 radical (unpaired) electrons. The Hall–Kier alpha value is -3.08. The second-order valence-corrected chi connectivity index (χ2v) is 4.18. The Kier molecular flexibility index (Phi) is 5.11. The summed E-state index contributed by atoms with van der Waals surface area (Å²) in [7, 11) is 0. The Labute approximate surface area is 122 Å². The van der Waals surface area contributed by atoms with Gasteiger partial charge in [-0.2, -0.15) is 0 Å². The van der Waals surface area contributed by atoms with E-state index in [4.69, 9.17) is 0 Å². The number of amides is 3. The molecule has 0 saturated heterocycles. The quantitative estimate of drug-likeness (QED) is 0.597. The van der Waals surface area contributed by atoms with Gasteiger partial charge in [0, 0.05) is 11.8 Å². The van der Waals surface area contributed by atoms with Crippen molar-refractivity contribution in [2.45, 2.75) is 0 Å². The Balaban J connectivity index is 1.76. The van der Waals surface area contributed by atoms with E-state index in [9.17, 15) is 9.59 Å². The van der Waals surface area contributed by atoms with Crippen molar-refractivity contribution < 1.29 is 9.59 Å². The average molecular weight is 281 g/mol. The summed E-state index contributed by atoms with van der Waals surface area (Å²) in [6.45, 7) is 0. The lowest BCUT2D eigenvalue weighted by Crippen LogP contribution is -2.43. The molecule has 0 spiro atoms. The van der Waals surface area contributed by atoms with Crippen molar-refractivity contribution in [1.82, 2.24) is 10.9 Å². The predicted molar refractivity (Wildman–Crippen MR) is 82.2 cm³/mol. The Morgan fingerprint density at radius 3 is 2.10 bits per heavy atom. The molecule has 2 rings (SSSR count). The molecule has 0 aliphatic heterocycles. The van der Waals surface area contributed by atoms with Gasteiger partial charge in [0.2, 0.25) is 0 Å². The van der Waals surface area contributed by atoms with Crippen LogP contribution in [0.25, 0.3) is 6.08 Å². The van der Waals surface area contributed by atoms with Gasteiger partial charge in [0.15, 0.2) is 0 Å². The maximum Gasteiger partial charge on any atom is 0.337 e. The first-order chi connectivity index (χ1) is 10.2. The van der Waals surface area contributed by atoms with E-state index in [0.29, 0.717) is 5.69 Å². The van der Waals surface area contributed by atoms with Gasteiger partial charge in [0.1, 0.15) is 0 Å². The van der Waals surface area contributed by atoms with Gasteiger partial charge in [-0.3, -0.25) is 10.2 Å². The van der Waals surface area contributed by atoms with Gasteiger partial charge >= 0.3 is 6.03 Å². The second kappa shape index (κ2) is 7.49. The minimum absolute atomic E-state index is 0.415. The van der Waals surface area contributed by atoms with E-state index in [2.05, 4.69) is 16.2 Å². The molecule has 0 saturated carbocycles. The lowest BCUT2D eigenvalue weighted by molar-refractivity contribution is -0.117. The highest BCUT2D eigenvalue weighted by Crippen LogP contribution is 2.03. The highest BCUT2D eigenvalue weighted by Gasteiger charge is 2.01. The number of benzene rings is 2. The van der Waals surface area contributed by atoms with Crippen LogP contribution in [0.2, 0.25) is 0 Å². The number of nitrogens with one attached hydrogen (secondary N) is 3. The number of anilines is 1. The molecule has 0 fully saturated rings. The van der Waals surface area contributed by atoms with E-state index in [1.54, 1.807) is 30.3 Å². The first-order valence-electron chi connectivity index (χ1n) is 6.39. The summed E-state index contributed by atoms with van der Waals surface area (Å²) in [6.07, 6.45) is 3.00. The van der Waals surface area contributed by atoms with Crippen LogP contribution in [0, 0.1) is 0 Å². The van der Waals surface area contributed by atoms with Crippen LogP contribution in [-0.4, -0.2) is 11.9 Å². The normalized spacial score (nSPS) is 10.1. The second-order valence-electron chi connectivity index (χ2n) is 4.18. The lowest BCUT2D eigenvalue weighted by atomic mass is 10.2. The van der Waals surface area contributed by atoms with Crippen LogP contribution in [0.15, 0.2) is 66.7 Å². The van der Waals surface area contributed by atoms with Gasteiger partial charge in [0.05, 0.1) is 0 Å². The van der Waals surface area contributed by atoms with Gasteiger partial charge < -0.3 is 5.32 Å². The number of para-hydroxylation sites is 1. The van der Waals surface area contributed by atoms with Gasteiger partial charge in [0.25, 0.3) is 5.91 Å². The van der Waals surface area contributed by atoms with E-state index in [1.165, 1.54) is 6.08 Å².